The molecule has 2 aromatic heterocycles. The molecule has 1 N–H and O–H groups in total. The van der Waals surface area contributed by atoms with Crippen molar-refractivity contribution in [1.29, 1.82) is 0 Å². The molecular weight excluding hydrogens is 305 g/mol. The number of aromatic nitrogens is 3. The first kappa shape index (κ1) is 14.5. The zero-order valence-electron chi connectivity index (χ0n) is 11.2. The molecule has 22 heavy (non-hydrogen) atoms. The maximum atomic E-state index is 12.0. The highest BCUT2D eigenvalue weighted by molar-refractivity contribution is 5.76. The third-order valence-corrected chi connectivity index (χ3v) is 3.00. The first-order valence-corrected chi connectivity index (χ1v) is 6.54. The number of carbonyl (C=O) groups is 1. The van der Waals surface area contributed by atoms with Crippen molar-refractivity contribution >= 4 is 5.91 Å². The van der Waals surface area contributed by atoms with Crippen LogP contribution in [-0.2, 0) is 11.3 Å². The average molecular weight is 316 g/mol. The summed E-state index contributed by atoms with van der Waals surface area (Å²) in [5, 5.41) is 9.51. The summed E-state index contributed by atoms with van der Waals surface area (Å²) in [5.74, 6) is 0.121. The normalized spacial score (nSPS) is 15.0. The Labute approximate surface area is 121 Å². The lowest BCUT2D eigenvalue weighted by molar-refractivity contribution is -0.153. The fraction of sp³-hybridized carbons (Fsp3) is 0.500. The van der Waals surface area contributed by atoms with E-state index in [0.717, 1.165) is 18.6 Å². The average Bonchev–Trinajstić information content (AvgIpc) is 2.98. The topological polar surface area (TPSA) is 94.1 Å². The molecule has 0 unspecified atom stereocenters. The van der Waals surface area contributed by atoms with E-state index in [1.54, 1.807) is 6.07 Å². The van der Waals surface area contributed by atoms with E-state index in [1.807, 2.05) is 0 Å². The van der Waals surface area contributed by atoms with Crippen LogP contribution in [0.15, 0.2) is 15.1 Å². The standard InChI is InChI=1S/C12H11F3N4O3/c13-12(14,15)4-9(20)16-5-10-17-11(19-22-10)7-3-8(21-18-7)6-1-2-6/h3,6H,1-2,4-5H2,(H,16,20). The minimum Gasteiger partial charge on any atom is -0.360 e. The summed E-state index contributed by atoms with van der Waals surface area (Å²) in [4.78, 5) is 15.0. The van der Waals surface area contributed by atoms with Crippen LogP contribution in [0.5, 0.6) is 0 Å². The molecule has 0 aliphatic heterocycles. The Hall–Kier alpha value is -2.39. The lowest BCUT2D eigenvalue weighted by Crippen LogP contribution is -2.28. The van der Waals surface area contributed by atoms with Crippen LogP contribution in [0.2, 0.25) is 0 Å². The number of amides is 1. The molecule has 1 aliphatic rings. The summed E-state index contributed by atoms with van der Waals surface area (Å²) < 4.78 is 46.0. The molecule has 1 aliphatic carbocycles. The lowest BCUT2D eigenvalue weighted by Gasteiger charge is -2.05. The highest BCUT2D eigenvalue weighted by Gasteiger charge is 2.31. The van der Waals surface area contributed by atoms with E-state index < -0.39 is 18.5 Å². The van der Waals surface area contributed by atoms with Crippen LogP contribution in [-0.4, -0.2) is 27.4 Å². The molecule has 7 nitrogen and oxygen atoms in total. The quantitative estimate of drug-likeness (QED) is 0.908. The van der Waals surface area contributed by atoms with Gasteiger partial charge in [0.2, 0.25) is 17.6 Å². The predicted molar refractivity (Wildman–Crippen MR) is 64.3 cm³/mol. The second kappa shape index (κ2) is 5.43. The summed E-state index contributed by atoms with van der Waals surface area (Å²) in [5.41, 5.74) is 0.388. The third kappa shape index (κ3) is 3.62. The second-order valence-corrected chi connectivity index (χ2v) is 4.97. The van der Waals surface area contributed by atoms with Crippen molar-refractivity contribution in [1.82, 2.24) is 20.6 Å². The minimum absolute atomic E-state index is 0.0125. The summed E-state index contributed by atoms with van der Waals surface area (Å²) in [7, 11) is 0. The van der Waals surface area contributed by atoms with Crippen LogP contribution in [0, 0.1) is 0 Å². The molecule has 1 saturated carbocycles. The third-order valence-electron chi connectivity index (χ3n) is 3.00. The van der Waals surface area contributed by atoms with E-state index in [0.29, 0.717) is 11.6 Å². The summed E-state index contributed by atoms with van der Waals surface area (Å²) in [6.07, 6.45) is -4.00. The number of nitrogens with one attached hydrogen (secondary N) is 1. The van der Waals surface area contributed by atoms with Crippen LogP contribution in [0.4, 0.5) is 13.2 Å². The van der Waals surface area contributed by atoms with Crippen LogP contribution < -0.4 is 5.32 Å². The molecule has 118 valence electrons. The maximum Gasteiger partial charge on any atom is 0.397 e. The van der Waals surface area contributed by atoms with Crippen molar-refractivity contribution < 1.29 is 27.0 Å². The summed E-state index contributed by atoms with van der Waals surface area (Å²) in [6.45, 7) is -0.282. The summed E-state index contributed by atoms with van der Waals surface area (Å²) in [6, 6.07) is 1.70. The molecule has 2 heterocycles. The maximum absolute atomic E-state index is 12.0. The highest BCUT2D eigenvalue weighted by atomic mass is 19.4. The second-order valence-electron chi connectivity index (χ2n) is 4.97. The Kier molecular flexibility index (Phi) is 3.59. The number of rotatable bonds is 5. The monoisotopic (exact) mass is 316 g/mol. The lowest BCUT2D eigenvalue weighted by atomic mass is 10.3. The van der Waals surface area contributed by atoms with Gasteiger partial charge in [-0.2, -0.15) is 18.2 Å². The highest BCUT2D eigenvalue weighted by Crippen LogP contribution is 2.40. The molecular formula is C12H11F3N4O3. The van der Waals surface area contributed by atoms with Gasteiger partial charge in [-0.1, -0.05) is 10.3 Å². The zero-order valence-corrected chi connectivity index (χ0v) is 11.2. The molecule has 0 spiro atoms. The Bertz CT molecular complexity index is 675. The predicted octanol–water partition coefficient (Wildman–Crippen LogP) is 2.17. The molecule has 1 amide bonds. The van der Waals surface area contributed by atoms with E-state index >= 15 is 0 Å². The van der Waals surface area contributed by atoms with E-state index in [4.69, 9.17) is 9.05 Å². The van der Waals surface area contributed by atoms with Gasteiger partial charge in [0.05, 0.1) is 6.54 Å². The Morgan fingerprint density at radius 3 is 2.77 bits per heavy atom. The van der Waals surface area contributed by atoms with Gasteiger partial charge in [0.1, 0.15) is 12.2 Å². The Morgan fingerprint density at radius 1 is 1.32 bits per heavy atom. The molecule has 0 radical (unpaired) electrons. The van der Waals surface area contributed by atoms with E-state index in [9.17, 15) is 18.0 Å². The Balaban J connectivity index is 1.57. The molecule has 0 atom stereocenters. The van der Waals surface area contributed by atoms with E-state index in [-0.39, 0.29) is 18.3 Å². The van der Waals surface area contributed by atoms with Crippen LogP contribution >= 0.6 is 0 Å². The van der Waals surface area contributed by atoms with Crippen LogP contribution in [0.3, 0.4) is 0 Å². The Morgan fingerprint density at radius 2 is 2.09 bits per heavy atom. The SMILES string of the molecule is O=C(CC(F)(F)F)NCc1nc(-c2cc(C3CC3)on2)no1. The van der Waals surface area contributed by atoms with Gasteiger partial charge in [-0.15, -0.1) is 0 Å². The fourth-order valence-electron chi connectivity index (χ4n) is 1.80. The van der Waals surface area contributed by atoms with Crippen molar-refractivity contribution in [3.63, 3.8) is 0 Å². The largest absolute Gasteiger partial charge is 0.397 e. The van der Waals surface area contributed by atoms with Crippen LogP contribution in [0.1, 0.15) is 36.8 Å². The van der Waals surface area contributed by atoms with Gasteiger partial charge in [-0.05, 0) is 12.8 Å². The fourth-order valence-corrected chi connectivity index (χ4v) is 1.80. The van der Waals surface area contributed by atoms with Crippen LogP contribution in [0.25, 0.3) is 11.5 Å². The van der Waals surface area contributed by atoms with Gasteiger partial charge in [0.25, 0.3) is 0 Å². The molecule has 0 aromatic carbocycles. The molecule has 3 rings (SSSR count). The first-order valence-electron chi connectivity index (χ1n) is 6.54. The minimum atomic E-state index is -4.55. The van der Waals surface area contributed by atoms with E-state index in [2.05, 4.69) is 20.6 Å². The smallest absolute Gasteiger partial charge is 0.360 e. The van der Waals surface area contributed by atoms with E-state index in [1.165, 1.54) is 0 Å². The number of alkyl halides is 3. The van der Waals surface area contributed by atoms with Gasteiger partial charge in [-0.25, -0.2) is 0 Å². The van der Waals surface area contributed by atoms with Crippen molar-refractivity contribution in [3.8, 4) is 11.5 Å². The zero-order chi connectivity index (χ0) is 15.7. The van der Waals surface area contributed by atoms with Gasteiger partial charge < -0.3 is 14.4 Å². The molecule has 0 bridgehead atoms. The number of hydrogen-bond donors (Lipinski definition) is 1. The number of halogens is 3. The van der Waals surface area contributed by atoms with Gasteiger partial charge in [-0.3, -0.25) is 4.79 Å². The number of hydrogen-bond acceptors (Lipinski definition) is 6. The van der Waals surface area contributed by atoms with Gasteiger partial charge in [0.15, 0.2) is 5.69 Å². The molecule has 1 fully saturated rings. The summed E-state index contributed by atoms with van der Waals surface area (Å²) >= 11 is 0. The number of carbonyl (C=O) groups excluding carboxylic acids is 1. The molecule has 10 heteroatoms. The van der Waals surface area contributed by atoms with Crippen molar-refractivity contribution in [3.05, 3.63) is 17.7 Å². The van der Waals surface area contributed by atoms with Gasteiger partial charge in [0, 0.05) is 12.0 Å². The molecule has 0 saturated heterocycles. The number of nitrogens with zero attached hydrogens (tertiary/aromatic N) is 3. The molecule has 2 aromatic rings. The van der Waals surface area contributed by atoms with Gasteiger partial charge >= 0.3 is 6.18 Å². The van der Waals surface area contributed by atoms with Crippen molar-refractivity contribution in [2.45, 2.75) is 37.9 Å². The van der Waals surface area contributed by atoms with Crippen molar-refractivity contribution in [2.24, 2.45) is 0 Å². The first-order chi connectivity index (χ1) is 10.4. The van der Waals surface area contributed by atoms with Crippen molar-refractivity contribution in [2.75, 3.05) is 0 Å².